The second-order valence-corrected chi connectivity index (χ2v) is 9.20. The van der Waals surface area contributed by atoms with Crippen molar-refractivity contribution in [3.63, 3.8) is 0 Å². The quantitative estimate of drug-likeness (QED) is 0.495. The smallest absolute Gasteiger partial charge is 0.261 e. The van der Waals surface area contributed by atoms with Gasteiger partial charge < -0.3 is 14.7 Å². The fourth-order valence-electron chi connectivity index (χ4n) is 2.78. The molecule has 9 nitrogen and oxygen atoms in total. The molecule has 11 heteroatoms. The van der Waals surface area contributed by atoms with E-state index in [9.17, 15) is 18.9 Å². The number of carbonyl (C=O) groups is 2. The van der Waals surface area contributed by atoms with Crippen LogP contribution in [0.1, 0.15) is 26.3 Å². The number of thiazole rings is 1. The lowest BCUT2D eigenvalue weighted by Gasteiger charge is -2.15. The fourth-order valence-corrected chi connectivity index (χ4v) is 4.31. The van der Waals surface area contributed by atoms with E-state index in [0.717, 1.165) is 11.3 Å². The molecule has 2 amide bonds. The minimum Gasteiger partial charge on any atom is -0.507 e. The van der Waals surface area contributed by atoms with Crippen LogP contribution in [0.4, 0.5) is 10.8 Å². The van der Waals surface area contributed by atoms with Crippen molar-refractivity contribution < 1.29 is 23.6 Å². The molecule has 0 saturated carbocycles. The van der Waals surface area contributed by atoms with E-state index in [1.54, 1.807) is 37.7 Å². The molecule has 0 aliphatic rings. The number of amides is 2. The number of hydrogen-bond acceptors (Lipinski definition) is 7. The number of phenols is 1. The van der Waals surface area contributed by atoms with E-state index < -0.39 is 16.7 Å². The number of aromatic nitrogens is 1. The molecule has 0 fully saturated rings. The normalized spacial score (nSPS) is 11.3. The number of phenolic OH excluding ortho intramolecular Hbond substituents is 1. The van der Waals surface area contributed by atoms with Crippen LogP contribution in [0.25, 0.3) is 4.85 Å². The summed E-state index contributed by atoms with van der Waals surface area (Å²) >= 11 is 1.12. The number of rotatable bonds is 7. The van der Waals surface area contributed by atoms with Crippen molar-refractivity contribution in [2.75, 3.05) is 25.7 Å². The predicted molar refractivity (Wildman–Crippen MR) is 126 cm³/mol. The molecule has 0 bridgehead atoms. The first-order chi connectivity index (χ1) is 15.7. The summed E-state index contributed by atoms with van der Waals surface area (Å²) in [7, 11) is 1.98. The van der Waals surface area contributed by atoms with Crippen molar-refractivity contribution in [1.29, 1.82) is 0 Å². The van der Waals surface area contributed by atoms with E-state index in [0.29, 0.717) is 21.8 Å². The number of hydrogen-bond donors (Lipinski definition) is 2. The van der Waals surface area contributed by atoms with Gasteiger partial charge in [0.1, 0.15) is 23.1 Å². The lowest BCUT2D eigenvalue weighted by atomic mass is 10.1. The van der Waals surface area contributed by atoms with Gasteiger partial charge in [0.05, 0.1) is 22.9 Å². The molecule has 1 aromatic heterocycles. The molecular weight excluding hydrogens is 464 g/mol. The van der Waals surface area contributed by atoms with Gasteiger partial charge in [-0.05, 0) is 29.8 Å². The predicted octanol–water partition coefficient (Wildman–Crippen LogP) is 3.67. The van der Waals surface area contributed by atoms with Crippen molar-refractivity contribution in [3.05, 3.63) is 69.9 Å². The summed E-state index contributed by atoms with van der Waals surface area (Å²) in [6.07, 6.45) is 1.48. The van der Waals surface area contributed by atoms with Gasteiger partial charge in [-0.2, -0.15) is 0 Å². The molecule has 1 atom stereocenters. The number of nitrogens with zero attached hydrogens (tertiary/aromatic N) is 3. The number of nitrogens with one attached hydrogen (secondary N) is 1. The Morgan fingerprint density at radius 1 is 1.24 bits per heavy atom. The van der Waals surface area contributed by atoms with Crippen LogP contribution in [0.5, 0.6) is 11.5 Å². The zero-order chi connectivity index (χ0) is 24.1. The summed E-state index contributed by atoms with van der Waals surface area (Å²) in [6.45, 7) is 7.18. The molecule has 1 heterocycles. The number of ether oxygens (including phenoxy) is 1. The monoisotopic (exact) mass is 484 g/mol. The zero-order valence-corrected chi connectivity index (χ0v) is 19.6. The summed E-state index contributed by atoms with van der Waals surface area (Å²) in [5.41, 5.74) is 1.24. The molecule has 0 radical (unpaired) electrons. The van der Waals surface area contributed by atoms with Gasteiger partial charge in [-0.3, -0.25) is 19.1 Å². The topological polar surface area (TPSA) is 113 Å². The minimum absolute atomic E-state index is 0.0255. The van der Waals surface area contributed by atoms with Gasteiger partial charge in [0.25, 0.3) is 11.8 Å². The Kier molecular flexibility index (Phi) is 7.42. The van der Waals surface area contributed by atoms with E-state index in [4.69, 9.17) is 11.3 Å². The van der Waals surface area contributed by atoms with Crippen LogP contribution in [-0.2, 0) is 17.4 Å². The molecule has 2 N–H and O–H groups in total. The van der Waals surface area contributed by atoms with Gasteiger partial charge >= 0.3 is 0 Å². The Morgan fingerprint density at radius 2 is 2.00 bits per heavy atom. The standard InChI is InChI=1S/C22H20N4O5S2/c1-23-14-5-7-16(21(29)26(2)3)13(9-14)11-31-15-6-8-18(27)17(10-15)20(28)25-22-24-19(12-32-22)33(4)30/h5-10,12,27H,11H2,2-4H3,(H,24,25,28). The molecule has 3 rings (SSSR count). The van der Waals surface area contributed by atoms with Crippen LogP contribution in [0.3, 0.4) is 0 Å². The number of carbonyl (C=O) groups excluding carboxylic acids is 2. The van der Waals surface area contributed by atoms with Crippen molar-refractivity contribution in [2.24, 2.45) is 0 Å². The molecule has 0 spiro atoms. The Morgan fingerprint density at radius 3 is 2.64 bits per heavy atom. The van der Waals surface area contributed by atoms with Crippen molar-refractivity contribution in [2.45, 2.75) is 11.6 Å². The third-order valence-corrected chi connectivity index (χ3v) is 6.16. The highest BCUT2D eigenvalue weighted by molar-refractivity contribution is 7.84. The third kappa shape index (κ3) is 5.74. The van der Waals surface area contributed by atoms with Crippen molar-refractivity contribution in [1.82, 2.24) is 9.88 Å². The fraction of sp³-hybridized carbons (Fsp3) is 0.182. The Bertz CT molecular complexity index is 1280. The zero-order valence-electron chi connectivity index (χ0n) is 18.0. The number of benzene rings is 2. The Labute approximate surface area is 196 Å². The Hall–Kier alpha value is -3.75. The van der Waals surface area contributed by atoms with Gasteiger partial charge in [0.15, 0.2) is 10.8 Å². The summed E-state index contributed by atoms with van der Waals surface area (Å²) in [5, 5.41) is 14.9. The van der Waals surface area contributed by atoms with Gasteiger partial charge in [-0.15, -0.1) is 11.3 Å². The molecular formula is C22H20N4O5S2. The largest absolute Gasteiger partial charge is 0.507 e. The molecule has 3 aromatic rings. The van der Waals surface area contributed by atoms with E-state index in [1.807, 2.05) is 0 Å². The molecule has 33 heavy (non-hydrogen) atoms. The van der Waals surface area contributed by atoms with Gasteiger partial charge in [-0.25, -0.2) is 9.83 Å². The van der Waals surface area contributed by atoms with Crippen LogP contribution >= 0.6 is 11.3 Å². The lowest BCUT2D eigenvalue weighted by Crippen LogP contribution is -2.23. The SMILES string of the molecule is [C-]#[N+]c1ccc(C(=O)N(C)C)c(COc2ccc(O)c(C(=O)Nc3nc(S(C)=O)cs3)c2)c1. The average Bonchev–Trinajstić information content (AvgIpc) is 3.26. The summed E-state index contributed by atoms with van der Waals surface area (Å²) in [4.78, 5) is 34.0. The highest BCUT2D eigenvalue weighted by Crippen LogP contribution is 2.27. The summed E-state index contributed by atoms with van der Waals surface area (Å²) in [6, 6.07) is 8.89. The average molecular weight is 485 g/mol. The van der Waals surface area contributed by atoms with Gasteiger partial charge in [0.2, 0.25) is 0 Å². The minimum atomic E-state index is -1.27. The number of aromatic hydroxyl groups is 1. The number of anilines is 1. The van der Waals surface area contributed by atoms with E-state index >= 15 is 0 Å². The van der Waals surface area contributed by atoms with E-state index in [1.165, 1.54) is 29.4 Å². The van der Waals surface area contributed by atoms with Crippen LogP contribution in [0.2, 0.25) is 0 Å². The molecule has 1 unspecified atom stereocenters. The molecule has 0 saturated heterocycles. The van der Waals surface area contributed by atoms with E-state index in [2.05, 4.69) is 15.1 Å². The molecule has 0 aliphatic carbocycles. The molecule has 2 aromatic carbocycles. The highest BCUT2D eigenvalue weighted by Gasteiger charge is 2.17. The van der Waals surface area contributed by atoms with E-state index in [-0.39, 0.29) is 34.7 Å². The van der Waals surface area contributed by atoms with Crippen molar-refractivity contribution >= 4 is 44.8 Å². The highest BCUT2D eigenvalue weighted by atomic mass is 32.2. The first-order valence-electron chi connectivity index (χ1n) is 9.47. The second-order valence-electron chi connectivity index (χ2n) is 7.02. The second kappa shape index (κ2) is 10.2. The summed E-state index contributed by atoms with van der Waals surface area (Å²) in [5.74, 6) is -0.816. The van der Waals surface area contributed by atoms with Gasteiger partial charge in [0, 0.05) is 31.3 Å². The maximum atomic E-state index is 12.6. The third-order valence-electron chi connectivity index (χ3n) is 4.46. The van der Waals surface area contributed by atoms with Crippen LogP contribution in [0, 0.1) is 6.57 Å². The first kappa shape index (κ1) is 23.9. The van der Waals surface area contributed by atoms with Crippen LogP contribution in [0.15, 0.2) is 46.8 Å². The molecule has 170 valence electrons. The van der Waals surface area contributed by atoms with Crippen molar-refractivity contribution in [3.8, 4) is 11.5 Å². The summed E-state index contributed by atoms with van der Waals surface area (Å²) < 4.78 is 17.3. The Balaban J connectivity index is 1.80. The lowest BCUT2D eigenvalue weighted by molar-refractivity contribution is 0.0824. The molecule has 0 aliphatic heterocycles. The van der Waals surface area contributed by atoms with Crippen LogP contribution in [-0.4, -0.2) is 51.4 Å². The van der Waals surface area contributed by atoms with Gasteiger partial charge in [-0.1, -0.05) is 12.1 Å². The van der Waals surface area contributed by atoms with Crippen LogP contribution < -0.4 is 10.1 Å². The first-order valence-corrected chi connectivity index (χ1v) is 11.9. The maximum absolute atomic E-state index is 12.6. The maximum Gasteiger partial charge on any atom is 0.261 e.